The summed E-state index contributed by atoms with van der Waals surface area (Å²) in [7, 11) is 1.59. The van der Waals surface area contributed by atoms with Crippen LogP contribution in [0.4, 0.5) is 0 Å². The summed E-state index contributed by atoms with van der Waals surface area (Å²) in [6.45, 7) is 1.68. The molecule has 0 saturated heterocycles. The third-order valence-electron chi connectivity index (χ3n) is 3.58. The van der Waals surface area contributed by atoms with Crippen molar-refractivity contribution in [3.05, 3.63) is 0 Å². The average molecular weight is 259 g/mol. The summed E-state index contributed by atoms with van der Waals surface area (Å²) in [5, 5.41) is 12.4. The highest BCUT2D eigenvalue weighted by atomic mass is 16.5. The van der Waals surface area contributed by atoms with E-state index in [9.17, 15) is 9.90 Å². The van der Waals surface area contributed by atoms with Gasteiger partial charge in [0.1, 0.15) is 6.61 Å². The van der Waals surface area contributed by atoms with E-state index < -0.39 is 0 Å². The van der Waals surface area contributed by atoms with Gasteiger partial charge in [0.2, 0.25) is 5.91 Å². The normalized spacial score (nSPS) is 18.6. The van der Waals surface area contributed by atoms with E-state index in [0.29, 0.717) is 19.8 Å². The molecule has 2 N–H and O–H groups in total. The molecule has 5 nitrogen and oxygen atoms in total. The minimum absolute atomic E-state index is 0.0604. The van der Waals surface area contributed by atoms with E-state index in [-0.39, 0.29) is 24.5 Å². The first-order valence-electron chi connectivity index (χ1n) is 6.67. The SMILES string of the molecule is COCCOCC(=O)NCC1(CO)CCCCC1. The molecule has 0 spiro atoms. The van der Waals surface area contributed by atoms with Gasteiger partial charge in [-0.25, -0.2) is 0 Å². The second kappa shape index (κ2) is 8.45. The zero-order valence-corrected chi connectivity index (χ0v) is 11.2. The summed E-state index contributed by atoms with van der Waals surface area (Å²) < 4.78 is 9.97. The zero-order valence-electron chi connectivity index (χ0n) is 11.2. The predicted octanol–water partition coefficient (Wildman–Crippen LogP) is 0.708. The first-order chi connectivity index (χ1) is 8.72. The Morgan fingerprint density at radius 3 is 2.61 bits per heavy atom. The molecular formula is C13H25NO4. The van der Waals surface area contributed by atoms with Crippen LogP contribution in [-0.2, 0) is 14.3 Å². The molecule has 1 amide bonds. The monoisotopic (exact) mass is 259 g/mol. The lowest BCUT2D eigenvalue weighted by Gasteiger charge is -2.35. The zero-order chi connectivity index (χ0) is 13.3. The first kappa shape index (κ1) is 15.4. The van der Waals surface area contributed by atoms with Crippen LogP contribution in [0.5, 0.6) is 0 Å². The van der Waals surface area contributed by atoms with Gasteiger partial charge < -0.3 is 19.9 Å². The number of carbonyl (C=O) groups excluding carboxylic acids is 1. The molecule has 1 saturated carbocycles. The van der Waals surface area contributed by atoms with Gasteiger partial charge in [-0.3, -0.25) is 4.79 Å². The van der Waals surface area contributed by atoms with Crippen molar-refractivity contribution >= 4 is 5.91 Å². The highest BCUT2D eigenvalue weighted by Gasteiger charge is 2.31. The Bertz CT molecular complexity index is 239. The smallest absolute Gasteiger partial charge is 0.246 e. The van der Waals surface area contributed by atoms with Crippen molar-refractivity contribution in [3.63, 3.8) is 0 Å². The Balaban J connectivity index is 2.19. The summed E-state index contributed by atoms with van der Waals surface area (Å²) in [6.07, 6.45) is 5.50. The van der Waals surface area contributed by atoms with Crippen molar-refractivity contribution in [2.45, 2.75) is 32.1 Å². The molecule has 0 aliphatic heterocycles. The number of rotatable bonds is 8. The van der Waals surface area contributed by atoms with Crippen molar-refractivity contribution in [2.75, 3.05) is 40.1 Å². The lowest BCUT2D eigenvalue weighted by Crippen LogP contribution is -2.42. The maximum Gasteiger partial charge on any atom is 0.246 e. The number of nitrogens with one attached hydrogen (secondary N) is 1. The third kappa shape index (κ3) is 5.33. The van der Waals surface area contributed by atoms with Crippen LogP contribution in [0.3, 0.4) is 0 Å². The number of hydrogen-bond donors (Lipinski definition) is 2. The van der Waals surface area contributed by atoms with Gasteiger partial charge in [0.25, 0.3) is 0 Å². The number of methoxy groups -OCH3 is 1. The lowest BCUT2D eigenvalue weighted by molar-refractivity contribution is -0.127. The third-order valence-corrected chi connectivity index (χ3v) is 3.58. The largest absolute Gasteiger partial charge is 0.396 e. The van der Waals surface area contributed by atoms with Gasteiger partial charge in [0.15, 0.2) is 0 Å². The number of hydrogen-bond acceptors (Lipinski definition) is 4. The molecule has 0 aromatic heterocycles. The van der Waals surface area contributed by atoms with Crippen LogP contribution in [-0.4, -0.2) is 51.1 Å². The van der Waals surface area contributed by atoms with Crippen LogP contribution in [0.15, 0.2) is 0 Å². The predicted molar refractivity (Wildman–Crippen MR) is 68.3 cm³/mol. The topological polar surface area (TPSA) is 67.8 Å². The number of aliphatic hydroxyl groups is 1. The Labute approximate surface area is 109 Å². The fraction of sp³-hybridized carbons (Fsp3) is 0.923. The average Bonchev–Trinajstić information content (AvgIpc) is 2.42. The van der Waals surface area contributed by atoms with Crippen molar-refractivity contribution < 1.29 is 19.4 Å². The van der Waals surface area contributed by atoms with E-state index in [1.807, 2.05) is 0 Å². The maximum absolute atomic E-state index is 11.5. The van der Waals surface area contributed by atoms with Crippen LogP contribution in [0.1, 0.15) is 32.1 Å². The van der Waals surface area contributed by atoms with Crippen molar-refractivity contribution in [2.24, 2.45) is 5.41 Å². The van der Waals surface area contributed by atoms with Crippen molar-refractivity contribution in [1.82, 2.24) is 5.32 Å². The number of carbonyl (C=O) groups is 1. The van der Waals surface area contributed by atoms with E-state index >= 15 is 0 Å². The van der Waals surface area contributed by atoms with Gasteiger partial charge in [-0.1, -0.05) is 19.3 Å². The van der Waals surface area contributed by atoms with E-state index in [4.69, 9.17) is 9.47 Å². The Morgan fingerprint density at radius 1 is 1.28 bits per heavy atom. The van der Waals surface area contributed by atoms with E-state index in [2.05, 4.69) is 5.32 Å². The van der Waals surface area contributed by atoms with E-state index in [1.165, 1.54) is 6.42 Å². The summed E-state index contributed by atoms with van der Waals surface area (Å²) in [6, 6.07) is 0. The van der Waals surface area contributed by atoms with Gasteiger partial charge >= 0.3 is 0 Å². The Morgan fingerprint density at radius 2 is 2.00 bits per heavy atom. The van der Waals surface area contributed by atoms with Crippen LogP contribution >= 0.6 is 0 Å². The van der Waals surface area contributed by atoms with Gasteiger partial charge in [-0.2, -0.15) is 0 Å². The summed E-state index contributed by atoms with van der Waals surface area (Å²) >= 11 is 0. The second-order valence-electron chi connectivity index (χ2n) is 5.04. The molecule has 0 heterocycles. The minimum Gasteiger partial charge on any atom is -0.396 e. The molecule has 106 valence electrons. The van der Waals surface area contributed by atoms with E-state index in [1.54, 1.807) is 7.11 Å². The summed E-state index contributed by atoms with van der Waals surface area (Å²) in [5.41, 5.74) is -0.111. The van der Waals surface area contributed by atoms with Crippen LogP contribution in [0.25, 0.3) is 0 Å². The molecule has 1 fully saturated rings. The molecule has 1 aliphatic carbocycles. The van der Waals surface area contributed by atoms with Crippen LogP contribution < -0.4 is 5.32 Å². The number of aliphatic hydroxyl groups excluding tert-OH is 1. The first-order valence-corrected chi connectivity index (χ1v) is 6.67. The molecule has 0 radical (unpaired) electrons. The maximum atomic E-state index is 11.5. The molecule has 5 heteroatoms. The van der Waals surface area contributed by atoms with Gasteiger partial charge in [-0.15, -0.1) is 0 Å². The molecule has 1 aliphatic rings. The molecule has 0 aromatic carbocycles. The lowest BCUT2D eigenvalue weighted by atomic mass is 9.74. The van der Waals surface area contributed by atoms with Gasteiger partial charge in [0.05, 0.1) is 19.8 Å². The molecular weight excluding hydrogens is 234 g/mol. The second-order valence-corrected chi connectivity index (χ2v) is 5.04. The summed E-state index contributed by atoms with van der Waals surface area (Å²) in [5.74, 6) is -0.121. The van der Waals surface area contributed by atoms with Crippen molar-refractivity contribution in [1.29, 1.82) is 0 Å². The highest BCUT2D eigenvalue weighted by Crippen LogP contribution is 2.35. The molecule has 1 rings (SSSR count). The standard InChI is InChI=1S/C13H25NO4/c1-17-7-8-18-9-12(16)14-10-13(11-15)5-3-2-4-6-13/h15H,2-11H2,1H3,(H,14,16). The van der Waals surface area contributed by atoms with Gasteiger partial charge in [0, 0.05) is 19.1 Å². The molecule has 0 bridgehead atoms. The molecule has 0 atom stereocenters. The minimum atomic E-state index is -0.121. The Hall–Kier alpha value is -0.650. The number of amides is 1. The Kier molecular flexibility index (Phi) is 7.23. The number of ether oxygens (including phenoxy) is 2. The van der Waals surface area contributed by atoms with Crippen molar-refractivity contribution in [3.8, 4) is 0 Å². The summed E-state index contributed by atoms with van der Waals surface area (Å²) in [4.78, 5) is 11.5. The van der Waals surface area contributed by atoms with Gasteiger partial charge in [-0.05, 0) is 12.8 Å². The van der Waals surface area contributed by atoms with Crippen LogP contribution in [0, 0.1) is 5.41 Å². The molecule has 18 heavy (non-hydrogen) atoms. The molecule has 0 unspecified atom stereocenters. The highest BCUT2D eigenvalue weighted by molar-refractivity contribution is 5.77. The molecule has 0 aromatic rings. The quantitative estimate of drug-likeness (QED) is 0.630. The van der Waals surface area contributed by atoms with Crippen LogP contribution in [0.2, 0.25) is 0 Å². The fourth-order valence-corrected chi connectivity index (χ4v) is 2.34. The fourth-order valence-electron chi connectivity index (χ4n) is 2.34. The van der Waals surface area contributed by atoms with E-state index in [0.717, 1.165) is 25.7 Å².